The number of carbonyl (C=O) groups is 1. The Bertz CT molecular complexity index is 568. The van der Waals surface area contributed by atoms with Crippen molar-refractivity contribution in [2.24, 2.45) is 0 Å². The van der Waals surface area contributed by atoms with Crippen LogP contribution in [0.15, 0.2) is 48.5 Å². The molecule has 0 spiro atoms. The Labute approximate surface area is 114 Å². The number of esters is 1. The van der Waals surface area contributed by atoms with Gasteiger partial charge in [0.05, 0.1) is 5.56 Å². The molecule has 2 nitrogen and oxygen atoms in total. The highest BCUT2D eigenvalue weighted by Crippen LogP contribution is 2.20. The van der Waals surface area contributed by atoms with Crippen molar-refractivity contribution in [3.8, 4) is 5.75 Å². The van der Waals surface area contributed by atoms with Gasteiger partial charge in [0.25, 0.3) is 0 Å². The van der Waals surface area contributed by atoms with Crippen molar-refractivity contribution in [2.45, 2.75) is 26.7 Å². The van der Waals surface area contributed by atoms with Crippen LogP contribution in [0, 0.1) is 6.92 Å². The van der Waals surface area contributed by atoms with Crippen LogP contribution in [0.5, 0.6) is 5.75 Å². The number of carbonyl (C=O) groups excluding carboxylic acids is 1. The third kappa shape index (κ3) is 3.22. The summed E-state index contributed by atoms with van der Waals surface area (Å²) in [5.41, 5.74) is 2.76. The van der Waals surface area contributed by atoms with E-state index >= 15 is 0 Å². The van der Waals surface area contributed by atoms with E-state index in [-0.39, 0.29) is 5.97 Å². The highest BCUT2D eigenvalue weighted by atomic mass is 16.5. The maximum Gasteiger partial charge on any atom is 0.343 e. The SMILES string of the molecule is Cc1ccccc1C(=O)Oc1ccc(C(C)C)cc1. The average molecular weight is 254 g/mol. The van der Waals surface area contributed by atoms with E-state index in [0.29, 0.717) is 17.2 Å². The molecule has 2 aromatic rings. The lowest BCUT2D eigenvalue weighted by Gasteiger charge is -2.08. The van der Waals surface area contributed by atoms with Gasteiger partial charge in [-0.15, -0.1) is 0 Å². The fourth-order valence-electron chi connectivity index (χ4n) is 1.88. The van der Waals surface area contributed by atoms with Crippen molar-refractivity contribution >= 4 is 5.97 Å². The summed E-state index contributed by atoms with van der Waals surface area (Å²) in [5.74, 6) is 0.745. The van der Waals surface area contributed by atoms with Crippen molar-refractivity contribution in [3.63, 3.8) is 0 Å². The maximum atomic E-state index is 12.0. The molecule has 0 aliphatic rings. The van der Waals surface area contributed by atoms with Gasteiger partial charge in [0, 0.05) is 0 Å². The predicted octanol–water partition coefficient (Wildman–Crippen LogP) is 4.34. The standard InChI is InChI=1S/C17H18O2/c1-12(2)14-8-10-15(11-9-14)19-17(18)16-7-5-4-6-13(16)3/h4-12H,1-3H3. The van der Waals surface area contributed by atoms with Gasteiger partial charge in [-0.2, -0.15) is 0 Å². The molecule has 2 rings (SSSR count). The number of hydrogen-bond donors (Lipinski definition) is 0. The summed E-state index contributed by atoms with van der Waals surface area (Å²) in [5, 5.41) is 0. The normalized spacial score (nSPS) is 10.5. The lowest BCUT2D eigenvalue weighted by atomic mass is 10.0. The quantitative estimate of drug-likeness (QED) is 0.601. The van der Waals surface area contributed by atoms with Crippen LogP contribution in [-0.2, 0) is 0 Å². The lowest BCUT2D eigenvalue weighted by molar-refractivity contribution is 0.0734. The minimum Gasteiger partial charge on any atom is -0.423 e. The Hall–Kier alpha value is -2.09. The molecule has 0 N–H and O–H groups in total. The van der Waals surface area contributed by atoms with E-state index in [9.17, 15) is 4.79 Å². The molecule has 0 saturated heterocycles. The first-order valence-electron chi connectivity index (χ1n) is 6.45. The third-order valence-corrected chi connectivity index (χ3v) is 3.12. The van der Waals surface area contributed by atoms with Gasteiger partial charge in [-0.1, -0.05) is 44.2 Å². The Kier molecular flexibility index (Phi) is 4.00. The van der Waals surface area contributed by atoms with Crippen LogP contribution in [-0.4, -0.2) is 5.97 Å². The summed E-state index contributed by atoms with van der Waals surface area (Å²) < 4.78 is 5.38. The zero-order chi connectivity index (χ0) is 13.8. The van der Waals surface area contributed by atoms with E-state index in [4.69, 9.17) is 4.74 Å². The van der Waals surface area contributed by atoms with E-state index in [1.807, 2.05) is 49.4 Å². The van der Waals surface area contributed by atoms with E-state index in [1.54, 1.807) is 6.07 Å². The van der Waals surface area contributed by atoms with Crippen molar-refractivity contribution in [3.05, 3.63) is 65.2 Å². The largest absolute Gasteiger partial charge is 0.423 e. The van der Waals surface area contributed by atoms with Gasteiger partial charge in [-0.05, 0) is 42.2 Å². The second-order valence-electron chi connectivity index (χ2n) is 4.93. The Balaban J connectivity index is 2.13. The van der Waals surface area contributed by atoms with Gasteiger partial charge in [0.1, 0.15) is 5.75 Å². The van der Waals surface area contributed by atoms with Gasteiger partial charge in [-0.25, -0.2) is 4.79 Å². The molecular formula is C17H18O2. The summed E-state index contributed by atoms with van der Waals surface area (Å²) in [6.45, 7) is 6.17. The number of benzene rings is 2. The zero-order valence-electron chi connectivity index (χ0n) is 11.5. The predicted molar refractivity (Wildman–Crippen MR) is 76.7 cm³/mol. The molecule has 2 aromatic carbocycles. The van der Waals surface area contributed by atoms with E-state index < -0.39 is 0 Å². The first-order chi connectivity index (χ1) is 9.08. The molecule has 0 amide bonds. The van der Waals surface area contributed by atoms with Gasteiger partial charge in [-0.3, -0.25) is 0 Å². The molecule has 2 heteroatoms. The molecule has 19 heavy (non-hydrogen) atoms. The van der Waals surface area contributed by atoms with E-state index in [0.717, 1.165) is 5.56 Å². The van der Waals surface area contributed by atoms with Crippen LogP contribution >= 0.6 is 0 Å². The fourth-order valence-corrected chi connectivity index (χ4v) is 1.88. The third-order valence-electron chi connectivity index (χ3n) is 3.12. The molecule has 98 valence electrons. The molecule has 0 saturated carbocycles. The average Bonchev–Trinajstić information content (AvgIpc) is 2.39. The lowest BCUT2D eigenvalue weighted by Crippen LogP contribution is -2.10. The van der Waals surface area contributed by atoms with Crippen LogP contribution in [0.2, 0.25) is 0 Å². The van der Waals surface area contributed by atoms with Crippen molar-refractivity contribution < 1.29 is 9.53 Å². The first-order valence-corrected chi connectivity index (χ1v) is 6.45. The maximum absolute atomic E-state index is 12.0. The number of aryl methyl sites for hydroxylation is 1. The van der Waals surface area contributed by atoms with Crippen LogP contribution in [0.3, 0.4) is 0 Å². The second kappa shape index (κ2) is 5.70. The Morgan fingerprint density at radius 1 is 1.00 bits per heavy atom. The Morgan fingerprint density at radius 3 is 2.21 bits per heavy atom. The molecule has 0 bridgehead atoms. The van der Waals surface area contributed by atoms with Gasteiger partial charge in [0.15, 0.2) is 0 Å². The topological polar surface area (TPSA) is 26.3 Å². The van der Waals surface area contributed by atoms with E-state index in [1.165, 1.54) is 5.56 Å². The number of ether oxygens (including phenoxy) is 1. The molecule has 0 aliphatic carbocycles. The van der Waals surface area contributed by atoms with E-state index in [2.05, 4.69) is 13.8 Å². The number of hydrogen-bond acceptors (Lipinski definition) is 2. The Morgan fingerprint density at radius 2 is 1.63 bits per heavy atom. The van der Waals surface area contributed by atoms with Gasteiger partial charge < -0.3 is 4.74 Å². The summed E-state index contributed by atoms with van der Waals surface area (Å²) in [7, 11) is 0. The minimum absolute atomic E-state index is 0.310. The van der Waals surface area contributed by atoms with Crippen LogP contribution in [0.25, 0.3) is 0 Å². The molecule has 0 aromatic heterocycles. The summed E-state index contributed by atoms with van der Waals surface area (Å²) >= 11 is 0. The van der Waals surface area contributed by atoms with Crippen LogP contribution in [0.4, 0.5) is 0 Å². The minimum atomic E-state index is -0.310. The van der Waals surface area contributed by atoms with Crippen molar-refractivity contribution in [2.75, 3.05) is 0 Å². The second-order valence-corrected chi connectivity index (χ2v) is 4.93. The van der Waals surface area contributed by atoms with Gasteiger partial charge >= 0.3 is 5.97 Å². The molecule has 0 aliphatic heterocycles. The summed E-state index contributed by atoms with van der Waals surface area (Å²) in [4.78, 5) is 12.0. The highest BCUT2D eigenvalue weighted by molar-refractivity contribution is 5.92. The fraction of sp³-hybridized carbons (Fsp3) is 0.235. The van der Waals surface area contributed by atoms with Crippen LogP contribution in [0.1, 0.15) is 41.3 Å². The molecule has 0 atom stereocenters. The first kappa shape index (κ1) is 13.3. The zero-order valence-corrected chi connectivity index (χ0v) is 11.5. The molecule has 0 unspecified atom stereocenters. The molecular weight excluding hydrogens is 236 g/mol. The molecule has 0 fully saturated rings. The molecule has 0 heterocycles. The van der Waals surface area contributed by atoms with Crippen molar-refractivity contribution in [1.82, 2.24) is 0 Å². The monoisotopic (exact) mass is 254 g/mol. The number of rotatable bonds is 3. The smallest absolute Gasteiger partial charge is 0.343 e. The highest BCUT2D eigenvalue weighted by Gasteiger charge is 2.10. The van der Waals surface area contributed by atoms with Crippen molar-refractivity contribution in [1.29, 1.82) is 0 Å². The van der Waals surface area contributed by atoms with Gasteiger partial charge in [0.2, 0.25) is 0 Å². The summed E-state index contributed by atoms with van der Waals surface area (Å²) in [6.07, 6.45) is 0. The molecule has 0 radical (unpaired) electrons. The summed E-state index contributed by atoms with van der Waals surface area (Å²) in [6, 6.07) is 15.1. The van der Waals surface area contributed by atoms with Crippen LogP contribution < -0.4 is 4.74 Å².